The molecule has 4 rings (SSSR count). The van der Waals surface area contributed by atoms with Crippen molar-refractivity contribution in [3.63, 3.8) is 0 Å². The van der Waals surface area contributed by atoms with E-state index in [2.05, 4.69) is 36.4 Å². The van der Waals surface area contributed by atoms with Gasteiger partial charge in [0.15, 0.2) is 0 Å². The van der Waals surface area contributed by atoms with Crippen LogP contribution in [0.25, 0.3) is 0 Å². The van der Waals surface area contributed by atoms with Crippen LogP contribution in [0.15, 0.2) is 54.6 Å². The number of carbonyl (C=O) groups excluding carboxylic acids is 1. The van der Waals surface area contributed by atoms with Crippen molar-refractivity contribution in [1.29, 1.82) is 0 Å². The van der Waals surface area contributed by atoms with Gasteiger partial charge in [0.2, 0.25) is 5.91 Å². The van der Waals surface area contributed by atoms with Crippen molar-refractivity contribution in [3.8, 4) is 0 Å². The molecule has 22 heavy (non-hydrogen) atoms. The summed E-state index contributed by atoms with van der Waals surface area (Å²) in [4.78, 5) is 14.4. The van der Waals surface area contributed by atoms with Gasteiger partial charge in [0, 0.05) is 6.54 Å². The fraction of sp³-hybridized carbons (Fsp3) is 0.316. The molecule has 1 fully saturated rings. The lowest BCUT2D eigenvalue weighted by Crippen LogP contribution is -2.51. The lowest BCUT2D eigenvalue weighted by atomic mass is 9.84. The normalized spacial score (nSPS) is 23.8. The van der Waals surface area contributed by atoms with E-state index < -0.39 is 0 Å². The van der Waals surface area contributed by atoms with Crippen LogP contribution in [0.4, 0.5) is 0 Å². The SMILES string of the molecule is O=C1CO[C@@H]2c3ccccc3CC[C@H]2N1Cc1ccccc1. The molecule has 0 aromatic heterocycles. The van der Waals surface area contributed by atoms with E-state index in [4.69, 9.17) is 4.74 Å². The zero-order valence-corrected chi connectivity index (χ0v) is 12.4. The van der Waals surface area contributed by atoms with Gasteiger partial charge in [0.05, 0.1) is 6.04 Å². The van der Waals surface area contributed by atoms with E-state index in [1.54, 1.807) is 0 Å². The maximum absolute atomic E-state index is 12.4. The van der Waals surface area contributed by atoms with Crippen LogP contribution in [-0.2, 0) is 22.5 Å². The Morgan fingerprint density at radius 3 is 2.68 bits per heavy atom. The van der Waals surface area contributed by atoms with Gasteiger partial charge < -0.3 is 9.64 Å². The minimum Gasteiger partial charge on any atom is -0.362 e. The van der Waals surface area contributed by atoms with Gasteiger partial charge >= 0.3 is 0 Å². The number of hydrogen-bond acceptors (Lipinski definition) is 2. The molecule has 2 aromatic carbocycles. The summed E-state index contributed by atoms with van der Waals surface area (Å²) in [5.41, 5.74) is 3.79. The Morgan fingerprint density at radius 2 is 1.82 bits per heavy atom. The standard InChI is InChI=1S/C19H19NO2/c21-18-13-22-19-16-9-5-4-8-15(16)10-11-17(19)20(18)12-14-6-2-1-3-7-14/h1-9,17,19H,10-13H2/t17-,19-/m1/s1. The van der Waals surface area contributed by atoms with Crippen LogP contribution < -0.4 is 0 Å². The van der Waals surface area contributed by atoms with Crippen molar-refractivity contribution in [3.05, 3.63) is 71.3 Å². The summed E-state index contributed by atoms with van der Waals surface area (Å²) in [7, 11) is 0. The largest absolute Gasteiger partial charge is 0.362 e. The van der Waals surface area contributed by atoms with E-state index in [0.717, 1.165) is 12.8 Å². The zero-order valence-electron chi connectivity index (χ0n) is 12.4. The predicted molar refractivity (Wildman–Crippen MR) is 84.2 cm³/mol. The maximum atomic E-state index is 12.4. The number of rotatable bonds is 2. The fourth-order valence-corrected chi connectivity index (χ4v) is 3.64. The number of aryl methyl sites for hydroxylation is 1. The number of ether oxygens (including phenoxy) is 1. The third-order valence-electron chi connectivity index (χ3n) is 4.72. The molecule has 0 radical (unpaired) electrons. The molecule has 2 atom stereocenters. The molecule has 1 aliphatic heterocycles. The van der Waals surface area contributed by atoms with Gasteiger partial charge in [-0.3, -0.25) is 4.79 Å². The average molecular weight is 293 g/mol. The average Bonchev–Trinajstić information content (AvgIpc) is 2.58. The van der Waals surface area contributed by atoms with Gasteiger partial charge in [0.25, 0.3) is 0 Å². The van der Waals surface area contributed by atoms with Crippen LogP contribution >= 0.6 is 0 Å². The van der Waals surface area contributed by atoms with E-state index >= 15 is 0 Å². The summed E-state index contributed by atoms with van der Waals surface area (Å²) in [5, 5.41) is 0. The molecule has 0 unspecified atom stereocenters. The number of benzene rings is 2. The highest BCUT2D eigenvalue weighted by atomic mass is 16.5. The first-order valence-electron chi connectivity index (χ1n) is 7.86. The monoisotopic (exact) mass is 293 g/mol. The number of nitrogens with zero attached hydrogens (tertiary/aromatic N) is 1. The number of morpholine rings is 1. The van der Waals surface area contributed by atoms with Crippen molar-refractivity contribution < 1.29 is 9.53 Å². The van der Waals surface area contributed by atoms with E-state index in [-0.39, 0.29) is 24.7 Å². The molecule has 1 saturated heterocycles. The van der Waals surface area contributed by atoms with Crippen LogP contribution in [-0.4, -0.2) is 23.5 Å². The highest BCUT2D eigenvalue weighted by Gasteiger charge is 2.40. The molecule has 2 aliphatic rings. The first kappa shape index (κ1) is 13.5. The second-order valence-corrected chi connectivity index (χ2v) is 6.04. The summed E-state index contributed by atoms with van der Waals surface area (Å²) in [5.74, 6) is 0.101. The van der Waals surface area contributed by atoms with Gasteiger partial charge in [-0.1, -0.05) is 54.6 Å². The number of amides is 1. The maximum Gasteiger partial charge on any atom is 0.249 e. The van der Waals surface area contributed by atoms with Gasteiger partial charge in [-0.05, 0) is 29.5 Å². The van der Waals surface area contributed by atoms with Gasteiger partial charge in [-0.15, -0.1) is 0 Å². The number of carbonyl (C=O) groups is 1. The van der Waals surface area contributed by atoms with Crippen LogP contribution in [0, 0.1) is 0 Å². The zero-order chi connectivity index (χ0) is 14.9. The molecule has 0 bridgehead atoms. The molecule has 1 heterocycles. The molecular formula is C19H19NO2. The first-order valence-corrected chi connectivity index (χ1v) is 7.86. The van der Waals surface area contributed by atoms with E-state index in [0.29, 0.717) is 6.54 Å². The summed E-state index contributed by atoms with van der Waals surface area (Å²) < 4.78 is 5.90. The third kappa shape index (κ3) is 2.32. The quantitative estimate of drug-likeness (QED) is 0.851. The van der Waals surface area contributed by atoms with Gasteiger partial charge in [-0.25, -0.2) is 0 Å². The van der Waals surface area contributed by atoms with E-state index in [1.165, 1.54) is 16.7 Å². The molecule has 112 valence electrons. The molecule has 0 N–H and O–H groups in total. The molecule has 2 aromatic rings. The van der Waals surface area contributed by atoms with Crippen LogP contribution in [0.2, 0.25) is 0 Å². The highest BCUT2D eigenvalue weighted by Crippen LogP contribution is 2.38. The fourth-order valence-electron chi connectivity index (χ4n) is 3.64. The van der Waals surface area contributed by atoms with Crippen molar-refractivity contribution >= 4 is 5.91 Å². The Hall–Kier alpha value is -2.13. The highest BCUT2D eigenvalue weighted by molar-refractivity contribution is 5.78. The molecule has 0 saturated carbocycles. The summed E-state index contributed by atoms with van der Waals surface area (Å²) in [6, 6.07) is 18.8. The Bertz CT molecular complexity index is 683. The smallest absolute Gasteiger partial charge is 0.249 e. The van der Waals surface area contributed by atoms with E-state index in [1.807, 2.05) is 23.1 Å². The van der Waals surface area contributed by atoms with Gasteiger partial charge in [-0.2, -0.15) is 0 Å². The van der Waals surface area contributed by atoms with Crippen molar-refractivity contribution in [2.45, 2.75) is 31.5 Å². The summed E-state index contributed by atoms with van der Waals surface area (Å²) in [6.07, 6.45) is 2.01. The Kier molecular flexibility index (Phi) is 3.43. The Labute approximate surface area is 130 Å². The summed E-state index contributed by atoms with van der Waals surface area (Å²) >= 11 is 0. The van der Waals surface area contributed by atoms with E-state index in [9.17, 15) is 4.79 Å². The van der Waals surface area contributed by atoms with Crippen molar-refractivity contribution in [1.82, 2.24) is 4.90 Å². The minimum atomic E-state index is 0.0198. The first-order chi connectivity index (χ1) is 10.8. The molecule has 3 nitrogen and oxygen atoms in total. The van der Waals surface area contributed by atoms with Crippen LogP contribution in [0.1, 0.15) is 29.2 Å². The second-order valence-electron chi connectivity index (χ2n) is 6.04. The summed E-state index contributed by atoms with van der Waals surface area (Å²) in [6.45, 7) is 0.856. The van der Waals surface area contributed by atoms with Crippen molar-refractivity contribution in [2.75, 3.05) is 6.61 Å². The predicted octanol–water partition coefficient (Wildman–Crippen LogP) is 3.10. The molecule has 3 heteroatoms. The van der Waals surface area contributed by atoms with Gasteiger partial charge in [0.1, 0.15) is 12.7 Å². The van der Waals surface area contributed by atoms with Crippen molar-refractivity contribution in [2.24, 2.45) is 0 Å². The van der Waals surface area contributed by atoms with Crippen LogP contribution in [0.5, 0.6) is 0 Å². The number of fused-ring (bicyclic) bond motifs is 3. The second kappa shape index (κ2) is 5.58. The topological polar surface area (TPSA) is 29.5 Å². The lowest BCUT2D eigenvalue weighted by Gasteiger charge is -2.44. The Morgan fingerprint density at radius 1 is 1.05 bits per heavy atom. The number of hydrogen-bond donors (Lipinski definition) is 0. The van der Waals surface area contributed by atoms with Crippen LogP contribution in [0.3, 0.4) is 0 Å². The molecule has 1 amide bonds. The Balaban J connectivity index is 1.64. The molecular weight excluding hydrogens is 274 g/mol. The molecule has 1 aliphatic carbocycles. The lowest BCUT2D eigenvalue weighted by molar-refractivity contribution is -0.160. The minimum absolute atomic E-state index is 0.0198. The third-order valence-corrected chi connectivity index (χ3v) is 4.72. The molecule has 0 spiro atoms.